The molecule has 4 heterocycles. The molecule has 2 aromatic rings. The molecule has 2 aliphatic heterocycles. The number of fused-ring (bicyclic) bond motifs is 2. The Morgan fingerprint density at radius 1 is 1.14 bits per heavy atom. The molecule has 0 aromatic carbocycles. The first-order valence-electron chi connectivity index (χ1n) is 7.16. The molecule has 2 aromatic heterocycles. The van der Waals surface area contributed by atoms with Crippen molar-refractivity contribution in [2.45, 2.75) is 43.8 Å². The van der Waals surface area contributed by atoms with Gasteiger partial charge in [-0.15, -0.1) is 0 Å². The highest BCUT2D eigenvalue weighted by Gasteiger charge is 2.43. The summed E-state index contributed by atoms with van der Waals surface area (Å²) in [5, 5.41) is 4.40. The molecule has 0 spiro atoms. The molecule has 21 heavy (non-hydrogen) atoms. The third-order valence-corrected chi connectivity index (χ3v) is 4.95. The maximum Gasteiger partial charge on any atom is 0.183 e. The van der Waals surface area contributed by atoms with E-state index < -0.39 is 0 Å². The van der Waals surface area contributed by atoms with E-state index >= 15 is 0 Å². The summed E-state index contributed by atoms with van der Waals surface area (Å²) in [4.78, 5) is 10.1. The van der Waals surface area contributed by atoms with Crippen LogP contribution in [0.25, 0.3) is 0 Å². The number of rotatable bonds is 2. The number of aromatic nitrogens is 4. The SMILES string of the molecule is Fc1cncnc1N1C2CCC1CC(n1cc(Br)cn1)C2. The van der Waals surface area contributed by atoms with Crippen LogP contribution in [0.5, 0.6) is 0 Å². The summed E-state index contributed by atoms with van der Waals surface area (Å²) in [5.41, 5.74) is 0. The maximum atomic E-state index is 14.0. The van der Waals surface area contributed by atoms with Gasteiger partial charge in [0.05, 0.1) is 22.9 Å². The highest BCUT2D eigenvalue weighted by molar-refractivity contribution is 9.10. The van der Waals surface area contributed by atoms with Gasteiger partial charge in [0.25, 0.3) is 0 Å². The maximum absolute atomic E-state index is 14.0. The van der Waals surface area contributed by atoms with Crippen molar-refractivity contribution in [2.24, 2.45) is 0 Å². The van der Waals surface area contributed by atoms with Crippen molar-refractivity contribution in [1.29, 1.82) is 0 Å². The fourth-order valence-corrected chi connectivity index (χ4v) is 4.02. The Hall–Kier alpha value is -1.50. The lowest BCUT2D eigenvalue weighted by Crippen LogP contribution is -2.44. The number of hydrogen-bond donors (Lipinski definition) is 0. The Balaban J connectivity index is 1.61. The minimum Gasteiger partial charge on any atom is -0.348 e. The third kappa shape index (κ3) is 2.23. The van der Waals surface area contributed by atoms with Crippen LogP contribution in [0.15, 0.2) is 29.4 Å². The molecule has 2 bridgehead atoms. The highest BCUT2D eigenvalue weighted by atomic mass is 79.9. The van der Waals surface area contributed by atoms with Crippen molar-refractivity contribution in [3.8, 4) is 0 Å². The van der Waals surface area contributed by atoms with Gasteiger partial charge in [-0.1, -0.05) is 0 Å². The lowest BCUT2D eigenvalue weighted by molar-refractivity contribution is 0.311. The van der Waals surface area contributed by atoms with Crippen LogP contribution in [0.2, 0.25) is 0 Å². The zero-order valence-electron chi connectivity index (χ0n) is 11.4. The first kappa shape index (κ1) is 13.2. The van der Waals surface area contributed by atoms with Gasteiger partial charge in [0, 0.05) is 18.3 Å². The Bertz CT molecular complexity index is 646. The molecular formula is C14H15BrFN5. The summed E-state index contributed by atoms with van der Waals surface area (Å²) in [5.74, 6) is 0.132. The molecule has 2 unspecified atom stereocenters. The van der Waals surface area contributed by atoms with Crippen LogP contribution in [0.3, 0.4) is 0 Å². The molecule has 0 saturated carbocycles. The predicted molar refractivity (Wildman–Crippen MR) is 79.5 cm³/mol. The van der Waals surface area contributed by atoms with Crippen LogP contribution in [0.4, 0.5) is 10.2 Å². The number of nitrogens with zero attached hydrogens (tertiary/aromatic N) is 5. The quantitative estimate of drug-likeness (QED) is 0.834. The molecule has 2 atom stereocenters. The molecule has 5 nitrogen and oxygen atoms in total. The Morgan fingerprint density at radius 3 is 2.52 bits per heavy atom. The van der Waals surface area contributed by atoms with E-state index in [-0.39, 0.29) is 5.82 Å². The van der Waals surface area contributed by atoms with Crippen LogP contribution in [-0.4, -0.2) is 31.8 Å². The lowest BCUT2D eigenvalue weighted by atomic mass is 9.97. The van der Waals surface area contributed by atoms with Crippen LogP contribution < -0.4 is 4.90 Å². The summed E-state index contributed by atoms with van der Waals surface area (Å²) < 4.78 is 17.0. The van der Waals surface area contributed by atoms with Crippen LogP contribution >= 0.6 is 15.9 Å². The molecule has 0 aliphatic carbocycles. The summed E-state index contributed by atoms with van der Waals surface area (Å²) in [6, 6.07) is 1.05. The van der Waals surface area contributed by atoms with E-state index in [0.29, 0.717) is 23.9 Å². The minimum absolute atomic E-state index is 0.324. The molecule has 2 aliphatic rings. The van der Waals surface area contributed by atoms with Gasteiger partial charge in [-0.05, 0) is 41.6 Å². The van der Waals surface area contributed by atoms with E-state index in [2.05, 4.69) is 35.9 Å². The Labute approximate surface area is 130 Å². The Morgan fingerprint density at radius 2 is 1.90 bits per heavy atom. The summed E-state index contributed by atoms with van der Waals surface area (Å²) in [7, 11) is 0. The average molecular weight is 352 g/mol. The summed E-state index contributed by atoms with van der Waals surface area (Å²) >= 11 is 3.44. The minimum atomic E-state index is -0.324. The molecule has 2 saturated heterocycles. The number of halogens is 2. The second-order valence-corrected chi connectivity index (χ2v) is 6.67. The normalized spacial score (nSPS) is 28.1. The van der Waals surface area contributed by atoms with Gasteiger partial charge >= 0.3 is 0 Å². The van der Waals surface area contributed by atoms with Gasteiger partial charge in [-0.3, -0.25) is 4.68 Å². The van der Waals surface area contributed by atoms with Crippen molar-refractivity contribution < 1.29 is 4.39 Å². The van der Waals surface area contributed by atoms with Gasteiger partial charge in [0.1, 0.15) is 6.33 Å². The van der Waals surface area contributed by atoms with E-state index in [0.717, 1.165) is 30.2 Å². The highest BCUT2D eigenvalue weighted by Crippen LogP contribution is 2.43. The second kappa shape index (κ2) is 5.05. The molecule has 0 N–H and O–H groups in total. The third-order valence-electron chi connectivity index (χ3n) is 4.55. The molecule has 4 rings (SSSR count). The molecular weight excluding hydrogens is 337 g/mol. The smallest absolute Gasteiger partial charge is 0.183 e. The van der Waals surface area contributed by atoms with E-state index in [9.17, 15) is 4.39 Å². The number of piperidine rings is 1. The van der Waals surface area contributed by atoms with E-state index in [1.54, 1.807) is 0 Å². The monoisotopic (exact) mass is 351 g/mol. The lowest BCUT2D eigenvalue weighted by Gasteiger charge is -2.39. The van der Waals surface area contributed by atoms with Gasteiger partial charge in [-0.2, -0.15) is 5.10 Å². The zero-order valence-corrected chi connectivity index (χ0v) is 12.9. The standard InChI is InChI=1S/C14H15BrFN5/c15-9-5-19-20(7-9)12-3-10-1-2-11(4-12)21(10)14-13(16)6-17-8-18-14/h5-8,10-12H,1-4H2. The zero-order chi connectivity index (χ0) is 14.4. The first-order chi connectivity index (χ1) is 10.2. The van der Waals surface area contributed by atoms with Gasteiger partial charge < -0.3 is 4.90 Å². The van der Waals surface area contributed by atoms with Crippen molar-refractivity contribution in [3.63, 3.8) is 0 Å². The van der Waals surface area contributed by atoms with Crippen LogP contribution in [0, 0.1) is 5.82 Å². The molecule has 2 fully saturated rings. The van der Waals surface area contributed by atoms with E-state index in [1.165, 1.54) is 12.5 Å². The largest absolute Gasteiger partial charge is 0.348 e. The van der Waals surface area contributed by atoms with E-state index in [1.807, 2.05) is 17.1 Å². The van der Waals surface area contributed by atoms with Crippen LogP contribution in [-0.2, 0) is 0 Å². The van der Waals surface area contributed by atoms with Gasteiger partial charge in [-0.25, -0.2) is 14.4 Å². The van der Waals surface area contributed by atoms with Crippen molar-refractivity contribution in [1.82, 2.24) is 19.7 Å². The fraction of sp³-hybridized carbons (Fsp3) is 0.500. The Kier molecular flexibility index (Phi) is 3.17. The topological polar surface area (TPSA) is 46.8 Å². The summed E-state index contributed by atoms with van der Waals surface area (Å²) in [6.07, 6.45) is 10.7. The van der Waals surface area contributed by atoms with Gasteiger partial charge in [0.2, 0.25) is 0 Å². The van der Waals surface area contributed by atoms with Crippen molar-refractivity contribution in [3.05, 3.63) is 35.2 Å². The molecule has 7 heteroatoms. The van der Waals surface area contributed by atoms with Gasteiger partial charge in [0.15, 0.2) is 11.6 Å². The number of hydrogen-bond acceptors (Lipinski definition) is 4. The van der Waals surface area contributed by atoms with E-state index in [4.69, 9.17) is 0 Å². The fourth-order valence-electron chi connectivity index (χ4n) is 3.72. The second-order valence-electron chi connectivity index (χ2n) is 5.75. The predicted octanol–water partition coefficient (Wildman–Crippen LogP) is 2.95. The molecule has 0 radical (unpaired) electrons. The van der Waals surface area contributed by atoms with Crippen LogP contribution in [0.1, 0.15) is 31.7 Å². The first-order valence-corrected chi connectivity index (χ1v) is 7.95. The summed E-state index contributed by atoms with van der Waals surface area (Å²) in [6.45, 7) is 0. The van der Waals surface area contributed by atoms with Crippen molar-refractivity contribution in [2.75, 3.05) is 4.90 Å². The molecule has 0 amide bonds. The number of anilines is 1. The average Bonchev–Trinajstić information content (AvgIpc) is 3.01. The van der Waals surface area contributed by atoms with Crippen molar-refractivity contribution >= 4 is 21.7 Å². The molecule has 110 valence electrons.